The maximum absolute atomic E-state index is 12.3. The molecule has 0 aliphatic carbocycles. The summed E-state index contributed by atoms with van der Waals surface area (Å²) in [4.78, 5) is 25.0. The lowest BCUT2D eigenvalue weighted by Crippen LogP contribution is -3.15. The summed E-state index contributed by atoms with van der Waals surface area (Å²) in [6.07, 6.45) is 1.56. The molecule has 1 heterocycles. The number of likely N-dealkylation sites (N-methyl/N-ethyl adjacent to an activating group) is 1. The van der Waals surface area contributed by atoms with Gasteiger partial charge in [0, 0.05) is 10.2 Å². The molecule has 7 heteroatoms. The standard InChI is InChI=1S/C17H20BrN3O3/c1-12(17(23)20-14-7-5-13(18)6-8-14)21(2)11-16(22)19-10-15-4-3-9-24-15/h3-9,12H,10-11H2,1-2H3,(H,19,22)(H,20,23)/p+1/t12-/m1/s1. The Morgan fingerprint density at radius 2 is 1.96 bits per heavy atom. The summed E-state index contributed by atoms with van der Waals surface area (Å²) < 4.78 is 6.11. The predicted molar refractivity (Wildman–Crippen MR) is 94.5 cm³/mol. The van der Waals surface area contributed by atoms with Gasteiger partial charge in [-0.15, -0.1) is 0 Å². The van der Waals surface area contributed by atoms with E-state index in [1.54, 1.807) is 25.3 Å². The topological polar surface area (TPSA) is 75.8 Å². The number of furan rings is 1. The van der Waals surface area contributed by atoms with Crippen LogP contribution >= 0.6 is 15.9 Å². The minimum atomic E-state index is -0.358. The number of benzene rings is 1. The van der Waals surface area contributed by atoms with Gasteiger partial charge < -0.3 is 20.0 Å². The highest BCUT2D eigenvalue weighted by atomic mass is 79.9. The van der Waals surface area contributed by atoms with E-state index in [0.29, 0.717) is 12.3 Å². The molecule has 0 aliphatic rings. The van der Waals surface area contributed by atoms with Crippen molar-refractivity contribution in [1.29, 1.82) is 0 Å². The number of amides is 2. The Bertz CT molecular complexity index is 671. The Morgan fingerprint density at radius 1 is 1.25 bits per heavy atom. The molecular formula is C17H21BrN3O3+. The van der Waals surface area contributed by atoms with Crippen molar-refractivity contribution in [3.63, 3.8) is 0 Å². The van der Waals surface area contributed by atoms with Crippen molar-refractivity contribution in [2.24, 2.45) is 0 Å². The van der Waals surface area contributed by atoms with Crippen molar-refractivity contribution >= 4 is 33.4 Å². The maximum Gasteiger partial charge on any atom is 0.282 e. The molecule has 2 atom stereocenters. The smallest absolute Gasteiger partial charge is 0.282 e. The zero-order valence-electron chi connectivity index (χ0n) is 13.6. The Morgan fingerprint density at radius 3 is 2.58 bits per heavy atom. The van der Waals surface area contributed by atoms with Gasteiger partial charge in [0.05, 0.1) is 19.9 Å². The number of nitrogens with one attached hydrogen (secondary N) is 3. The molecule has 0 radical (unpaired) electrons. The van der Waals surface area contributed by atoms with Crippen LogP contribution in [0.25, 0.3) is 0 Å². The van der Waals surface area contributed by atoms with Crippen LogP contribution in [-0.2, 0) is 16.1 Å². The first-order valence-electron chi connectivity index (χ1n) is 7.63. The molecule has 0 bridgehead atoms. The molecule has 0 saturated heterocycles. The van der Waals surface area contributed by atoms with Crippen molar-refractivity contribution in [3.8, 4) is 0 Å². The molecule has 1 unspecified atom stereocenters. The third-order valence-corrected chi connectivity index (χ3v) is 4.25. The highest BCUT2D eigenvalue weighted by Gasteiger charge is 2.23. The normalized spacial score (nSPS) is 13.1. The quantitative estimate of drug-likeness (QED) is 0.660. The van der Waals surface area contributed by atoms with Gasteiger partial charge in [0.25, 0.3) is 11.8 Å². The minimum absolute atomic E-state index is 0.131. The van der Waals surface area contributed by atoms with Gasteiger partial charge in [-0.25, -0.2) is 0 Å². The molecule has 2 rings (SSSR count). The summed E-state index contributed by atoms with van der Waals surface area (Å²) in [6.45, 7) is 2.34. The van der Waals surface area contributed by atoms with Crippen LogP contribution in [0.4, 0.5) is 5.69 Å². The second-order valence-corrected chi connectivity index (χ2v) is 6.51. The van der Waals surface area contributed by atoms with E-state index in [0.717, 1.165) is 15.1 Å². The molecule has 0 fully saturated rings. The van der Waals surface area contributed by atoms with Crippen LogP contribution in [0.5, 0.6) is 0 Å². The van der Waals surface area contributed by atoms with E-state index in [9.17, 15) is 9.59 Å². The van der Waals surface area contributed by atoms with Gasteiger partial charge in [-0.05, 0) is 43.3 Å². The average Bonchev–Trinajstić information content (AvgIpc) is 3.07. The van der Waals surface area contributed by atoms with Crippen LogP contribution in [0, 0.1) is 0 Å². The van der Waals surface area contributed by atoms with Gasteiger partial charge in [-0.3, -0.25) is 9.59 Å². The van der Waals surface area contributed by atoms with E-state index in [-0.39, 0.29) is 24.4 Å². The fourth-order valence-corrected chi connectivity index (χ4v) is 2.34. The van der Waals surface area contributed by atoms with E-state index in [1.165, 1.54) is 0 Å². The molecule has 128 valence electrons. The number of anilines is 1. The van der Waals surface area contributed by atoms with Crippen LogP contribution in [0.3, 0.4) is 0 Å². The van der Waals surface area contributed by atoms with Crippen molar-refractivity contribution in [3.05, 3.63) is 52.9 Å². The summed E-state index contributed by atoms with van der Waals surface area (Å²) in [5, 5.41) is 5.63. The summed E-state index contributed by atoms with van der Waals surface area (Å²) >= 11 is 3.35. The van der Waals surface area contributed by atoms with E-state index < -0.39 is 0 Å². The Hall–Kier alpha value is -2.12. The SMILES string of the molecule is C[C@H](C(=O)Nc1ccc(Br)cc1)[NH+](C)CC(=O)NCc1ccco1. The van der Waals surface area contributed by atoms with Crippen molar-refractivity contribution < 1.29 is 18.9 Å². The van der Waals surface area contributed by atoms with Crippen LogP contribution in [0.2, 0.25) is 0 Å². The first kappa shape index (κ1) is 18.2. The number of quaternary nitrogens is 1. The number of carbonyl (C=O) groups excluding carboxylic acids is 2. The highest BCUT2D eigenvalue weighted by Crippen LogP contribution is 2.14. The number of halogens is 1. The lowest BCUT2D eigenvalue weighted by Gasteiger charge is -2.20. The first-order chi connectivity index (χ1) is 11.5. The molecule has 1 aromatic carbocycles. The van der Waals surface area contributed by atoms with Gasteiger partial charge in [0.1, 0.15) is 5.76 Å². The maximum atomic E-state index is 12.3. The minimum Gasteiger partial charge on any atom is -0.467 e. The predicted octanol–water partition coefficient (Wildman–Crippen LogP) is 1.20. The van der Waals surface area contributed by atoms with Gasteiger partial charge in [-0.2, -0.15) is 0 Å². The molecule has 3 N–H and O–H groups in total. The second kappa shape index (κ2) is 8.65. The third-order valence-electron chi connectivity index (χ3n) is 3.72. The molecular weight excluding hydrogens is 374 g/mol. The van der Waals surface area contributed by atoms with E-state index in [2.05, 4.69) is 26.6 Å². The average molecular weight is 395 g/mol. The number of hydrogen-bond donors (Lipinski definition) is 3. The Kier molecular flexibility index (Phi) is 6.57. The second-order valence-electron chi connectivity index (χ2n) is 5.60. The summed E-state index contributed by atoms with van der Waals surface area (Å²) in [5.74, 6) is 0.433. The molecule has 0 aliphatic heterocycles. The van der Waals surface area contributed by atoms with Crippen LogP contribution in [-0.4, -0.2) is 31.4 Å². The van der Waals surface area contributed by atoms with Crippen molar-refractivity contribution in [2.75, 3.05) is 18.9 Å². The monoisotopic (exact) mass is 394 g/mol. The third kappa shape index (κ3) is 5.50. The molecule has 1 aromatic heterocycles. The largest absolute Gasteiger partial charge is 0.467 e. The van der Waals surface area contributed by atoms with Crippen molar-refractivity contribution in [1.82, 2.24) is 5.32 Å². The highest BCUT2D eigenvalue weighted by molar-refractivity contribution is 9.10. The van der Waals surface area contributed by atoms with E-state index in [4.69, 9.17) is 4.42 Å². The fraction of sp³-hybridized carbons (Fsp3) is 0.294. The van der Waals surface area contributed by atoms with Crippen molar-refractivity contribution in [2.45, 2.75) is 19.5 Å². The molecule has 0 saturated carbocycles. The van der Waals surface area contributed by atoms with Gasteiger partial charge in [-0.1, -0.05) is 15.9 Å². The lowest BCUT2D eigenvalue weighted by molar-refractivity contribution is -0.885. The number of hydrogen-bond acceptors (Lipinski definition) is 3. The number of rotatable bonds is 7. The summed E-state index contributed by atoms with van der Waals surface area (Å²) in [5.41, 5.74) is 0.727. The van der Waals surface area contributed by atoms with Gasteiger partial charge in [0.15, 0.2) is 12.6 Å². The van der Waals surface area contributed by atoms with Crippen LogP contribution in [0.15, 0.2) is 51.6 Å². The Balaban J connectivity index is 1.79. The molecule has 24 heavy (non-hydrogen) atoms. The lowest BCUT2D eigenvalue weighted by atomic mass is 10.2. The van der Waals surface area contributed by atoms with Crippen LogP contribution < -0.4 is 15.5 Å². The molecule has 2 aromatic rings. The Labute approximate surface area is 149 Å². The summed E-state index contributed by atoms with van der Waals surface area (Å²) in [7, 11) is 1.82. The van der Waals surface area contributed by atoms with Gasteiger partial charge >= 0.3 is 0 Å². The van der Waals surface area contributed by atoms with E-state index in [1.807, 2.05) is 31.3 Å². The zero-order chi connectivity index (χ0) is 17.5. The fourth-order valence-electron chi connectivity index (χ4n) is 2.08. The summed E-state index contributed by atoms with van der Waals surface area (Å²) in [6, 6.07) is 10.6. The van der Waals surface area contributed by atoms with Gasteiger partial charge in [0.2, 0.25) is 0 Å². The first-order valence-corrected chi connectivity index (χ1v) is 8.43. The molecule has 0 spiro atoms. The van der Waals surface area contributed by atoms with Crippen LogP contribution in [0.1, 0.15) is 12.7 Å². The number of carbonyl (C=O) groups is 2. The molecule has 6 nitrogen and oxygen atoms in total. The zero-order valence-corrected chi connectivity index (χ0v) is 15.2. The van der Waals surface area contributed by atoms with E-state index >= 15 is 0 Å². The molecule has 2 amide bonds.